The molecular weight excluding hydrogens is 411 g/mol. The number of halogens is 1. The normalized spacial score (nSPS) is 14.7. The van der Waals surface area contributed by atoms with Gasteiger partial charge < -0.3 is 9.42 Å². The Balaban J connectivity index is 1.33. The number of aromatic nitrogens is 3. The van der Waals surface area contributed by atoms with E-state index < -0.39 is 0 Å². The van der Waals surface area contributed by atoms with Crippen LogP contribution in [-0.2, 0) is 17.8 Å². The van der Waals surface area contributed by atoms with Crippen LogP contribution >= 0.6 is 0 Å². The number of hydrogen-bond acceptors (Lipinski definition) is 5. The van der Waals surface area contributed by atoms with E-state index in [-0.39, 0.29) is 23.2 Å². The van der Waals surface area contributed by atoms with Gasteiger partial charge in [-0.15, -0.1) is 0 Å². The predicted octanol–water partition coefficient (Wildman–Crippen LogP) is 3.53. The van der Waals surface area contributed by atoms with Crippen LogP contribution in [0.25, 0.3) is 11.3 Å². The molecular formula is C24H27FN4O3. The number of piperidine rings is 1. The molecule has 8 heteroatoms. The lowest BCUT2D eigenvalue weighted by atomic mass is 9.96. The van der Waals surface area contributed by atoms with Gasteiger partial charge in [0.1, 0.15) is 11.6 Å². The first kappa shape index (κ1) is 21.9. The van der Waals surface area contributed by atoms with Crippen LogP contribution < -0.4 is 5.56 Å². The van der Waals surface area contributed by atoms with Crippen LogP contribution in [0, 0.1) is 25.6 Å². The summed E-state index contributed by atoms with van der Waals surface area (Å²) in [6.45, 7) is 5.62. The van der Waals surface area contributed by atoms with E-state index in [1.807, 2.05) is 18.7 Å². The number of benzene rings is 1. The van der Waals surface area contributed by atoms with Crippen molar-refractivity contribution in [3.05, 3.63) is 69.6 Å². The second-order valence-corrected chi connectivity index (χ2v) is 8.37. The first-order valence-electron chi connectivity index (χ1n) is 10.9. The van der Waals surface area contributed by atoms with E-state index >= 15 is 0 Å². The van der Waals surface area contributed by atoms with Crippen molar-refractivity contribution in [3.8, 4) is 11.3 Å². The van der Waals surface area contributed by atoms with Crippen LogP contribution in [0.1, 0.15) is 36.3 Å². The Morgan fingerprint density at radius 1 is 1.12 bits per heavy atom. The van der Waals surface area contributed by atoms with E-state index in [1.54, 1.807) is 18.2 Å². The monoisotopic (exact) mass is 438 g/mol. The highest BCUT2D eigenvalue weighted by Crippen LogP contribution is 2.21. The zero-order chi connectivity index (χ0) is 22.7. The summed E-state index contributed by atoms with van der Waals surface area (Å²) in [6, 6.07) is 9.22. The van der Waals surface area contributed by atoms with E-state index in [2.05, 4.69) is 10.3 Å². The van der Waals surface area contributed by atoms with Crippen molar-refractivity contribution in [2.45, 2.75) is 46.1 Å². The Kier molecular flexibility index (Phi) is 6.48. The lowest BCUT2D eigenvalue weighted by Gasteiger charge is -2.32. The summed E-state index contributed by atoms with van der Waals surface area (Å²) in [4.78, 5) is 26.9. The molecule has 0 saturated carbocycles. The Bertz CT molecular complexity index is 1130. The number of amides is 1. The van der Waals surface area contributed by atoms with Crippen molar-refractivity contribution in [1.82, 2.24) is 19.8 Å². The molecule has 1 fully saturated rings. The fraction of sp³-hybridized carbons (Fsp3) is 0.417. The molecule has 0 bridgehead atoms. The fourth-order valence-corrected chi connectivity index (χ4v) is 4.21. The summed E-state index contributed by atoms with van der Waals surface area (Å²) in [5, 5.41) is 8.42. The molecule has 0 aliphatic carbocycles. The highest BCUT2D eigenvalue weighted by molar-refractivity contribution is 5.76. The van der Waals surface area contributed by atoms with Gasteiger partial charge in [0.2, 0.25) is 5.91 Å². The summed E-state index contributed by atoms with van der Waals surface area (Å²) in [5.41, 5.74) is 3.10. The zero-order valence-corrected chi connectivity index (χ0v) is 18.4. The molecule has 0 spiro atoms. The maximum Gasteiger partial charge on any atom is 0.266 e. The summed E-state index contributed by atoms with van der Waals surface area (Å²) < 4.78 is 19.8. The minimum absolute atomic E-state index is 0.136. The third kappa shape index (κ3) is 4.95. The molecule has 0 N–H and O–H groups in total. The standard InChI is InChI=1S/C24H27FN4O3/c1-16-21(17(2)32-27-16)7-9-23(30)28-13-11-18(12-14-28)15-29-24(31)10-8-22(26-29)19-3-5-20(25)6-4-19/h3-6,8,10,18H,7,9,11-15H2,1-2H3. The molecule has 1 amide bonds. The van der Waals surface area contributed by atoms with Gasteiger partial charge in [0.05, 0.1) is 11.4 Å². The highest BCUT2D eigenvalue weighted by atomic mass is 19.1. The van der Waals surface area contributed by atoms with Gasteiger partial charge in [0.25, 0.3) is 5.56 Å². The topological polar surface area (TPSA) is 81.2 Å². The number of likely N-dealkylation sites (tertiary alicyclic amines) is 1. The largest absolute Gasteiger partial charge is 0.361 e. The number of rotatable bonds is 6. The molecule has 0 unspecified atom stereocenters. The van der Waals surface area contributed by atoms with Gasteiger partial charge in [0, 0.05) is 43.2 Å². The minimum Gasteiger partial charge on any atom is -0.361 e. The van der Waals surface area contributed by atoms with Gasteiger partial charge in [0.15, 0.2) is 0 Å². The smallest absolute Gasteiger partial charge is 0.266 e. The van der Waals surface area contributed by atoms with Crippen LogP contribution in [0.4, 0.5) is 4.39 Å². The first-order chi connectivity index (χ1) is 15.4. The van der Waals surface area contributed by atoms with E-state index in [4.69, 9.17) is 4.52 Å². The van der Waals surface area contributed by atoms with Gasteiger partial charge in [-0.25, -0.2) is 9.07 Å². The van der Waals surface area contributed by atoms with Crippen molar-refractivity contribution in [1.29, 1.82) is 0 Å². The van der Waals surface area contributed by atoms with E-state index in [0.717, 1.165) is 35.4 Å². The summed E-state index contributed by atoms with van der Waals surface area (Å²) in [6.07, 6.45) is 2.72. The number of aryl methyl sites for hydroxylation is 2. The molecule has 3 heterocycles. The molecule has 1 aliphatic heterocycles. The van der Waals surface area contributed by atoms with Crippen molar-refractivity contribution in [2.24, 2.45) is 5.92 Å². The molecule has 1 aromatic carbocycles. The molecule has 7 nitrogen and oxygen atoms in total. The average Bonchev–Trinajstić information content (AvgIpc) is 3.12. The fourth-order valence-electron chi connectivity index (χ4n) is 4.21. The lowest BCUT2D eigenvalue weighted by Crippen LogP contribution is -2.40. The SMILES string of the molecule is Cc1noc(C)c1CCC(=O)N1CCC(Cn2nc(-c3ccc(F)cc3)ccc2=O)CC1. The molecule has 1 saturated heterocycles. The lowest BCUT2D eigenvalue weighted by molar-refractivity contribution is -0.132. The molecule has 32 heavy (non-hydrogen) atoms. The van der Waals surface area contributed by atoms with Crippen LogP contribution in [0.3, 0.4) is 0 Å². The summed E-state index contributed by atoms with van der Waals surface area (Å²) in [7, 11) is 0. The molecule has 0 atom stereocenters. The van der Waals surface area contributed by atoms with Crippen LogP contribution in [0.2, 0.25) is 0 Å². The van der Waals surface area contributed by atoms with E-state index in [1.165, 1.54) is 22.9 Å². The highest BCUT2D eigenvalue weighted by Gasteiger charge is 2.24. The van der Waals surface area contributed by atoms with Crippen LogP contribution in [-0.4, -0.2) is 38.8 Å². The predicted molar refractivity (Wildman–Crippen MR) is 117 cm³/mol. The van der Waals surface area contributed by atoms with Crippen LogP contribution in [0.15, 0.2) is 45.7 Å². The van der Waals surface area contributed by atoms with Gasteiger partial charge in [-0.2, -0.15) is 5.10 Å². The molecule has 2 aromatic heterocycles. The summed E-state index contributed by atoms with van der Waals surface area (Å²) >= 11 is 0. The maximum absolute atomic E-state index is 13.2. The molecule has 3 aromatic rings. The number of nitrogens with zero attached hydrogens (tertiary/aromatic N) is 4. The molecule has 0 radical (unpaired) electrons. The summed E-state index contributed by atoms with van der Waals surface area (Å²) in [5.74, 6) is 0.872. The Labute approximate surface area is 185 Å². The number of carbonyl (C=O) groups excluding carboxylic acids is 1. The third-order valence-corrected chi connectivity index (χ3v) is 6.18. The quantitative estimate of drug-likeness (QED) is 0.588. The van der Waals surface area contributed by atoms with Gasteiger partial charge in [-0.1, -0.05) is 5.16 Å². The van der Waals surface area contributed by atoms with Gasteiger partial charge >= 0.3 is 0 Å². The molecule has 1 aliphatic rings. The van der Waals surface area contributed by atoms with Crippen molar-refractivity contribution in [2.75, 3.05) is 13.1 Å². The van der Waals surface area contributed by atoms with Crippen LogP contribution in [0.5, 0.6) is 0 Å². The maximum atomic E-state index is 13.2. The Morgan fingerprint density at radius 3 is 2.50 bits per heavy atom. The van der Waals surface area contributed by atoms with E-state index in [9.17, 15) is 14.0 Å². The Morgan fingerprint density at radius 2 is 1.84 bits per heavy atom. The second-order valence-electron chi connectivity index (χ2n) is 8.37. The van der Waals surface area contributed by atoms with Crippen molar-refractivity contribution < 1.29 is 13.7 Å². The minimum atomic E-state index is -0.310. The number of hydrogen-bond donors (Lipinski definition) is 0. The third-order valence-electron chi connectivity index (χ3n) is 6.18. The molecule has 168 valence electrons. The first-order valence-corrected chi connectivity index (χ1v) is 10.9. The van der Waals surface area contributed by atoms with E-state index in [0.29, 0.717) is 38.2 Å². The van der Waals surface area contributed by atoms with Gasteiger partial charge in [-0.05, 0) is 69.4 Å². The van der Waals surface area contributed by atoms with Crippen molar-refractivity contribution in [3.63, 3.8) is 0 Å². The van der Waals surface area contributed by atoms with Gasteiger partial charge in [-0.3, -0.25) is 9.59 Å². The average molecular weight is 439 g/mol. The zero-order valence-electron chi connectivity index (χ0n) is 18.4. The molecule has 4 rings (SSSR count). The number of carbonyl (C=O) groups is 1. The second kappa shape index (κ2) is 9.46. The van der Waals surface area contributed by atoms with Crippen molar-refractivity contribution >= 4 is 5.91 Å². The Hall–Kier alpha value is -3.29.